The number of aliphatic hydroxyl groups excluding tert-OH is 1. The molecule has 3 N–H and O–H groups in total. The Kier molecular flexibility index (Phi) is 7.25. The summed E-state index contributed by atoms with van der Waals surface area (Å²) in [5.41, 5.74) is 7.04. The van der Waals surface area contributed by atoms with Gasteiger partial charge in [-0.25, -0.2) is 0 Å². The third-order valence-electron chi connectivity index (χ3n) is 3.41. The molecule has 6 heteroatoms. The van der Waals surface area contributed by atoms with Crippen LogP contribution in [-0.4, -0.2) is 52.4 Å². The lowest BCUT2D eigenvalue weighted by molar-refractivity contribution is 0.0791. The molecule has 1 amide bonds. The van der Waals surface area contributed by atoms with Crippen molar-refractivity contribution in [2.45, 2.75) is 39.2 Å². The predicted molar refractivity (Wildman–Crippen MR) is 78.5 cm³/mol. The van der Waals surface area contributed by atoms with Gasteiger partial charge >= 0.3 is 0 Å². The minimum Gasteiger partial charge on any atom is -0.396 e. The van der Waals surface area contributed by atoms with E-state index in [4.69, 9.17) is 10.8 Å². The molecule has 1 rings (SSSR count). The number of unbranched alkanes of at least 4 members (excludes halogenated alkanes) is 2. The van der Waals surface area contributed by atoms with Crippen LogP contribution in [0.25, 0.3) is 0 Å². The first-order valence-corrected chi connectivity index (χ1v) is 7.20. The summed E-state index contributed by atoms with van der Waals surface area (Å²) in [7, 11) is 1.80. The Balaban J connectivity index is 2.55. The van der Waals surface area contributed by atoms with E-state index in [9.17, 15) is 4.79 Å². The zero-order chi connectivity index (χ0) is 15.0. The number of carbonyl (C=O) groups is 1. The van der Waals surface area contributed by atoms with Gasteiger partial charge < -0.3 is 15.7 Å². The van der Waals surface area contributed by atoms with Crippen molar-refractivity contribution in [1.29, 1.82) is 0 Å². The molecule has 6 nitrogen and oxygen atoms in total. The fraction of sp³-hybridized carbons (Fsp3) is 0.714. The van der Waals surface area contributed by atoms with Gasteiger partial charge in [-0.3, -0.25) is 9.48 Å². The number of aryl methyl sites for hydroxylation is 1. The number of hydrogen-bond donors (Lipinski definition) is 2. The average molecular weight is 282 g/mol. The zero-order valence-corrected chi connectivity index (χ0v) is 12.5. The molecule has 0 aromatic carbocycles. The maximum atomic E-state index is 12.3. The monoisotopic (exact) mass is 282 g/mol. The quantitative estimate of drug-likeness (QED) is 0.655. The summed E-state index contributed by atoms with van der Waals surface area (Å²) in [5, 5.41) is 13.0. The van der Waals surface area contributed by atoms with E-state index >= 15 is 0 Å². The Morgan fingerprint density at radius 1 is 1.40 bits per heavy atom. The van der Waals surface area contributed by atoms with Crippen molar-refractivity contribution in [2.75, 3.05) is 26.7 Å². The lowest BCUT2D eigenvalue weighted by Gasteiger charge is -2.16. The van der Waals surface area contributed by atoms with Crippen LogP contribution in [0.4, 0.5) is 0 Å². The Hall–Kier alpha value is -1.40. The molecule has 0 saturated heterocycles. The third kappa shape index (κ3) is 4.61. The normalized spacial score (nSPS) is 10.8. The molecule has 1 heterocycles. The topological polar surface area (TPSA) is 84.4 Å². The molecular weight excluding hydrogens is 256 g/mol. The molecule has 20 heavy (non-hydrogen) atoms. The zero-order valence-electron chi connectivity index (χ0n) is 12.5. The molecule has 0 atom stereocenters. The highest BCUT2D eigenvalue weighted by molar-refractivity contribution is 5.94. The highest BCUT2D eigenvalue weighted by Gasteiger charge is 2.17. The molecule has 0 saturated carbocycles. The average Bonchev–Trinajstić information content (AvgIpc) is 2.81. The molecule has 0 radical (unpaired) electrons. The van der Waals surface area contributed by atoms with Crippen LogP contribution in [0.5, 0.6) is 0 Å². The summed E-state index contributed by atoms with van der Waals surface area (Å²) < 4.78 is 1.83. The molecule has 0 spiro atoms. The summed E-state index contributed by atoms with van der Waals surface area (Å²) in [6.45, 7) is 4.19. The van der Waals surface area contributed by atoms with Gasteiger partial charge in [0.2, 0.25) is 0 Å². The SMILES string of the molecule is Cc1c(C(=O)N(C)CCCCCO)cnn1CCCN. The van der Waals surface area contributed by atoms with Gasteiger partial charge in [-0.05, 0) is 39.2 Å². The van der Waals surface area contributed by atoms with E-state index in [0.29, 0.717) is 18.7 Å². The van der Waals surface area contributed by atoms with Crippen LogP contribution in [0.3, 0.4) is 0 Å². The largest absolute Gasteiger partial charge is 0.396 e. The third-order valence-corrected chi connectivity index (χ3v) is 3.41. The van der Waals surface area contributed by atoms with Gasteiger partial charge in [0.15, 0.2) is 0 Å². The highest BCUT2D eigenvalue weighted by atomic mass is 16.2. The number of aromatic nitrogens is 2. The van der Waals surface area contributed by atoms with E-state index < -0.39 is 0 Å². The predicted octanol–water partition coefficient (Wildman–Crippen LogP) is 0.775. The number of amides is 1. The molecule has 0 fully saturated rings. The second kappa shape index (κ2) is 8.71. The van der Waals surface area contributed by atoms with Gasteiger partial charge in [-0.15, -0.1) is 0 Å². The number of nitrogens with two attached hydrogens (primary N) is 1. The number of aliphatic hydroxyl groups is 1. The highest BCUT2D eigenvalue weighted by Crippen LogP contribution is 2.11. The van der Waals surface area contributed by atoms with Gasteiger partial charge in [0, 0.05) is 32.4 Å². The lowest BCUT2D eigenvalue weighted by Crippen LogP contribution is -2.28. The second-order valence-corrected chi connectivity index (χ2v) is 5.02. The molecule has 0 aliphatic heterocycles. The van der Waals surface area contributed by atoms with E-state index in [1.54, 1.807) is 18.1 Å². The van der Waals surface area contributed by atoms with Crippen LogP contribution in [0.15, 0.2) is 6.20 Å². The first-order chi connectivity index (χ1) is 9.61. The summed E-state index contributed by atoms with van der Waals surface area (Å²) in [6, 6.07) is 0. The van der Waals surface area contributed by atoms with Gasteiger partial charge in [0.25, 0.3) is 5.91 Å². The summed E-state index contributed by atoms with van der Waals surface area (Å²) in [4.78, 5) is 14.0. The first kappa shape index (κ1) is 16.7. The van der Waals surface area contributed by atoms with Crippen molar-refractivity contribution in [3.8, 4) is 0 Å². The van der Waals surface area contributed by atoms with Crippen molar-refractivity contribution in [3.63, 3.8) is 0 Å². The number of nitrogens with zero attached hydrogens (tertiary/aromatic N) is 3. The molecule has 0 unspecified atom stereocenters. The second-order valence-electron chi connectivity index (χ2n) is 5.02. The Morgan fingerprint density at radius 3 is 2.80 bits per heavy atom. The number of rotatable bonds is 9. The van der Waals surface area contributed by atoms with E-state index in [0.717, 1.165) is 37.9 Å². The Labute approximate surface area is 120 Å². The van der Waals surface area contributed by atoms with E-state index in [1.807, 2.05) is 11.6 Å². The van der Waals surface area contributed by atoms with Crippen LogP contribution in [0, 0.1) is 6.92 Å². The van der Waals surface area contributed by atoms with Gasteiger partial charge in [0.1, 0.15) is 0 Å². The number of hydrogen-bond acceptors (Lipinski definition) is 4. The smallest absolute Gasteiger partial charge is 0.257 e. The molecule has 1 aromatic heterocycles. The molecule has 0 aliphatic rings. The van der Waals surface area contributed by atoms with Gasteiger partial charge in [0.05, 0.1) is 11.8 Å². The van der Waals surface area contributed by atoms with E-state index in [2.05, 4.69) is 5.10 Å². The molecule has 114 valence electrons. The van der Waals surface area contributed by atoms with Gasteiger partial charge in [-0.2, -0.15) is 5.10 Å². The van der Waals surface area contributed by atoms with Gasteiger partial charge in [-0.1, -0.05) is 0 Å². The first-order valence-electron chi connectivity index (χ1n) is 7.20. The maximum absolute atomic E-state index is 12.3. The van der Waals surface area contributed by atoms with Crippen molar-refractivity contribution in [1.82, 2.24) is 14.7 Å². The fourth-order valence-corrected chi connectivity index (χ4v) is 2.07. The van der Waals surface area contributed by atoms with Crippen LogP contribution < -0.4 is 5.73 Å². The minimum absolute atomic E-state index is 0.00509. The Bertz CT molecular complexity index is 417. The van der Waals surface area contributed by atoms with E-state index in [-0.39, 0.29) is 12.5 Å². The van der Waals surface area contributed by atoms with E-state index in [1.165, 1.54) is 0 Å². The summed E-state index contributed by atoms with van der Waals surface area (Å²) in [5.74, 6) is 0.00509. The van der Waals surface area contributed by atoms with Crippen LogP contribution in [0.1, 0.15) is 41.7 Å². The number of carbonyl (C=O) groups excluding carboxylic acids is 1. The van der Waals surface area contributed by atoms with Crippen molar-refractivity contribution < 1.29 is 9.90 Å². The minimum atomic E-state index is 0.00509. The summed E-state index contributed by atoms with van der Waals surface area (Å²) >= 11 is 0. The molecule has 0 bridgehead atoms. The van der Waals surface area contributed by atoms with Crippen molar-refractivity contribution >= 4 is 5.91 Å². The van der Waals surface area contributed by atoms with Crippen molar-refractivity contribution in [2.24, 2.45) is 5.73 Å². The maximum Gasteiger partial charge on any atom is 0.257 e. The molecule has 0 aliphatic carbocycles. The fourth-order valence-electron chi connectivity index (χ4n) is 2.07. The Morgan fingerprint density at radius 2 is 2.15 bits per heavy atom. The summed E-state index contributed by atoms with van der Waals surface area (Å²) in [6.07, 6.45) is 5.12. The van der Waals surface area contributed by atoms with Crippen LogP contribution in [0.2, 0.25) is 0 Å². The van der Waals surface area contributed by atoms with Crippen LogP contribution >= 0.6 is 0 Å². The molecular formula is C14H26N4O2. The van der Waals surface area contributed by atoms with Crippen LogP contribution in [-0.2, 0) is 6.54 Å². The molecule has 1 aromatic rings. The standard InChI is InChI=1S/C14H26N4O2/c1-12-13(11-16-18(12)9-6-7-15)14(20)17(2)8-4-3-5-10-19/h11,19H,3-10,15H2,1-2H3. The van der Waals surface area contributed by atoms with Crippen molar-refractivity contribution in [3.05, 3.63) is 17.5 Å². The lowest BCUT2D eigenvalue weighted by atomic mass is 10.2.